The van der Waals surface area contributed by atoms with Gasteiger partial charge in [0.15, 0.2) is 0 Å². The van der Waals surface area contributed by atoms with Crippen LogP contribution in [0.1, 0.15) is 0 Å². The summed E-state index contributed by atoms with van der Waals surface area (Å²) >= 11 is 6.09. The Bertz CT molecular complexity index is 651. The number of piperazine rings is 1. The summed E-state index contributed by atoms with van der Waals surface area (Å²) in [5.74, 6) is 0. The van der Waals surface area contributed by atoms with Crippen molar-refractivity contribution in [3.63, 3.8) is 0 Å². The Labute approximate surface area is 122 Å². The van der Waals surface area contributed by atoms with E-state index in [4.69, 9.17) is 16.7 Å². The molecule has 4 nitrogen and oxygen atoms in total. The first-order valence-corrected chi connectivity index (χ1v) is 6.94. The van der Waals surface area contributed by atoms with Crippen LogP contribution in [0.5, 0.6) is 0 Å². The molecule has 0 aliphatic carbocycles. The van der Waals surface area contributed by atoms with E-state index in [2.05, 4.69) is 17.0 Å². The van der Waals surface area contributed by atoms with Crippen molar-refractivity contribution < 1.29 is 9.90 Å². The van der Waals surface area contributed by atoms with Gasteiger partial charge in [0.2, 0.25) is 0 Å². The van der Waals surface area contributed by atoms with Crippen LogP contribution in [-0.4, -0.2) is 42.3 Å². The van der Waals surface area contributed by atoms with Gasteiger partial charge in [-0.2, -0.15) is 0 Å². The van der Waals surface area contributed by atoms with Crippen LogP contribution in [0.2, 0.25) is 5.02 Å². The lowest BCUT2D eigenvalue weighted by Gasteiger charge is -2.35. The fraction of sp³-hybridized carbons (Fsp3) is 0.267. The maximum Gasteiger partial charge on any atom is 0.407 e. The normalized spacial score (nSPS) is 15.7. The molecule has 3 rings (SSSR count). The van der Waals surface area contributed by atoms with Gasteiger partial charge in [-0.25, -0.2) is 4.79 Å². The molecule has 1 heterocycles. The second kappa shape index (κ2) is 5.21. The summed E-state index contributed by atoms with van der Waals surface area (Å²) in [5.41, 5.74) is 1.12. The predicted molar refractivity (Wildman–Crippen MR) is 80.8 cm³/mol. The molecule has 0 radical (unpaired) electrons. The maximum atomic E-state index is 10.9. The molecule has 0 atom stereocenters. The van der Waals surface area contributed by atoms with E-state index in [-0.39, 0.29) is 0 Å². The van der Waals surface area contributed by atoms with E-state index >= 15 is 0 Å². The lowest BCUT2D eigenvalue weighted by Crippen LogP contribution is -2.48. The van der Waals surface area contributed by atoms with Gasteiger partial charge < -0.3 is 14.9 Å². The number of amides is 1. The average molecular weight is 291 g/mol. The van der Waals surface area contributed by atoms with Gasteiger partial charge in [-0.1, -0.05) is 29.8 Å². The molecular weight excluding hydrogens is 276 g/mol. The van der Waals surface area contributed by atoms with Crippen LogP contribution in [0, 0.1) is 0 Å². The van der Waals surface area contributed by atoms with Crippen LogP contribution >= 0.6 is 11.6 Å². The minimum atomic E-state index is -0.842. The van der Waals surface area contributed by atoms with Crippen molar-refractivity contribution in [2.45, 2.75) is 0 Å². The van der Waals surface area contributed by atoms with E-state index in [0.717, 1.165) is 16.5 Å². The maximum absolute atomic E-state index is 10.9. The third kappa shape index (κ3) is 2.39. The quantitative estimate of drug-likeness (QED) is 0.876. The van der Waals surface area contributed by atoms with Crippen molar-refractivity contribution in [1.29, 1.82) is 0 Å². The van der Waals surface area contributed by atoms with Gasteiger partial charge in [0.1, 0.15) is 0 Å². The molecular formula is C15H15ClN2O2. The summed E-state index contributed by atoms with van der Waals surface area (Å²) in [6.45, 7) is 2.48. The highest BCUT2D eigenvalue weighted by molar-refractivity contribution is 6.31. The first-order valence-electron chi connectivity index (χ1n) is 6.56. The van der Waals surface area contributed by atoms with E-state index in [1.54, 1.807) is 0 Å². The first kappa shape index (κ1) is 13.1. The summed E-state index contributed by atoms with van der Waals surface area (Å²) in [6, 6.07) is 12.0. The molecule has 20 heavy (non-hydrogen) atoms. The van der Waals surface area contributed by atoms with Gasteiger partial charge in [0.05, 0.1) is 0 Å². The number of halogens is 1. The van der Waals surface area contributed by atoms with Crippen LogP contribution in [-0.2, 0) is 0 Å². The van der Waals surface area contributed by atoms with Gasteiger partial charge in [-0.15, -0.1) is 0 Å². The zero-order chi connectivity index (χ0) is 14.1. The molecule has 0 saturated carbocycles. The Kier molecular flexibility index (Phi) is 3.40. The molecule has 0 aromatic heterocycles. The number of carboxylic acid groups (broad SMARTS) is 1. The smallest absolute Gasteiger partial charge is 0.407 e. The van der Waals surface area contributed by atoms with Crippen molar-refractivity contribution >= 4 is 34.2 Å². The van der Waals surface area contributed by atoms with Crippen LogP contribution in [0.15, 0.2) is 36.4 Å². The Morgan fingerprint density at radius 1 is 1.10 bits per heavy atom. The number of fused-ring (bicyclic) bond motifs is 1. The van der Waals surface area contributed by atoms with Crippen LogP contribution < -0.4 is 4.90 Å². The number of hydrogen-bond acceptors (Lipinski definition) is 2. The SMILES string of the molecule is O=C(O)N1CCN(c2cccc3ccc(Cl)cc23)CC1. The molecule has 1 saturated heterocycles. The van der Waals surface area contributed by atoms with Crippen LogP contribution in [0.4, 0.5) is 10.5 Å². The van der Waals surface area contributed by atoms with Crippen molar-refractivity contribution in [3.8, 4) is 0 Å². The lowest BCUT2D eigenvalue weighted by atomic mass is 10.1. The van der Waals surface area contributed by atoms with Crippen molar-refractivity contribution in [2.24, 2.45) is 0 Å². The Morgan fingerprint density at radius 3 is 2.55 bits per heavy atom. The molecule has 2 aromatic rings. The minimum absolute atomic E-state index is 0.534. The van der Waals surface area contributed by atoms with Crippen LogP contribution in [0.25, 0.3) is 10.8 Å². The highest BCUT2D eigenvalue weighted by atomic mass is 35.5. The van der Waals surface area contributed by atoms with E-state index in [9.17, 15) is 4.79 Å². The fourth-order valence-corrected chi connectivity index (χ4v) is 2.81. The predicted octanol–water partition coefficient (Wildman–Crippen LogP) is 3.29. The third-order valence-electron chi connectivity index (χ3n) is 3.71. The molecule has 104 valence electrons. The summed E-state index contributed by atoms with van der Waals surface area (Å²) in [6.07, 6.45) is -0.842. The van der Waals surface area contributed by atoms with E-state index in [0.29, 0.717) is 31.2 Å². The fourth-order valence-electron chi connectivity index (χ4n) is 2.64. The second-order valence-electron chi connectivity index (χ2n) is 4.90. The monoisotopic (exact) mass is 290 g/mol. The topological polar surface area (TPSA) is 43.8 Å². The molecule has 0 spiro atoms. The van der Waals surface area contributed by atoms with Gasteiger partial charge in [-0.05, 0) is 23.6 Å². The molecule has 1 aliphatic heterocycles. The molecule has 5 heteroatoms. The molecule has 1 aliphatic rings. The average Bonchev–Trinajstić information content (AvgIpc) is 2.46. The molecule has 2 aromatic carbocycles. The molecule has 1 N–H and O–H groups in total. The van der Waals surface area contributed by atoms with Gasteiger partial charge in [-0.3, -0.25) is 0 Å². The van der Waals surface area contributed by atoms with Crippen molar-refractivity contribution in [2.75, 3.05) is 31.1 Å². The molecule has 0 bridgehead atoms. The number of benzene rings is 2. The van der Waals surface area contributed by atoms with E-state index in [1.807, 2.05) is 24.3 Å². The molecule has 0 unspecified atom stereocenters. The highest BCUT2D eigenvalue weighted by Crippen LogP contribution is 2.29. The summed E-state index contributed by atoms with van der Waals surface area (Å²) in [4.78, 5) is 14.6. The van der Waals surface area contributed by atoms with Gasteiger partial charge in [0.25, 0.3) is 0 Å². The second-order valence-corrected chi connectivity index (χ2v) is 5.34. The summed E-state index contributed by atoms with van der Waals surface area (Å²) in [7, 11) is 0. The van der Waals surface area contributed by atoms with E-state index in [1.165, 1.54) is 4.90 Å². The Hall–Kier alpha value is -1.94. The minimum Gasteiger partial charge on any atom is -0.465 e. The van der Waals surface area contributed by atoms with Crippen LogP contribution in [0.3, 0.4) is 0 Å². The van der Waals surface area contributed by atoms with Crippen molar-refractivity contribution in [3.05, 3.63) is 41.4 Å². The van der Waals surface area contributed by atoms with Gasteiger partial charge >= 0.3 is 6.09 Å². The standard InChI is InChI=1S/C15H15ClN2O2/c16-12-5-4-11-2-1-3-14(13(11)10-12)17-6-8-18(9-7-17)15(19)20/h1-5,10H,6-9H2,(H,19,20). The lowest BCUT2D eigenvalue weighted by molar-refractivity contribution is 0.142. The zero-order valence-electron chi connectivity index (χ0n) is 10.9. The largest absolute Gasteiger partial charge is 0.465 e. The summed E-state index contributed by atoms with van der Waals surface area (Å²) < 4.78 is 0. The zero-order valence-corrected chi connectivity index (χ0v) is 11.7. The number of rotatable bonds is 1. The van der Waals surface area contributed by atoms with E-state index < -0.39 is 6.09 Å². The third-order valence-corrected chi connectivity index (χ3v) is 3.95. The Balaban J connectivity index is 1.91. The first-order chi connectivity index (χ1) is 9.65. The van der Waals surface area contributed by atoms with Gasteiger partial charge in [0, 0.05) is 42.3 Å². The number of nitrogens with zero attached hydrogens (tertiary/aromatic N) is 2. The Morgan fingerprint density at radius 2 is 1.85 bits per heavy atom. The van der Waals surface area contributed by atoms with Crippen molar-refractivity contribution in [1.82, 2.24) is 4.90 Å². The highest BCUT2D eigenvalue weighted by Gasteiger charge is 2.21. The number of anilines is 1. The number of carbonyl (C=O) groups is 1. The molecule has 1 amide bonds. The summed E-state index contributed by atoms with van der Waals surface area (Å²) in [5, 5.41) is 12.0. The molecule has 1 fully saturated rings. The number of hydrogen-bond donors (Lipinski definition) is 1.